The van der Waals surface area contributed by atoms with Crippen LogP contribution in [0.5, 0.6) is 5.75 Å². The van der Waals surface area contributed by atoms with Crippen molar-refractivity contribution in [2.45, 2.75) is 0 Å². The summed E-state index contributed by atoms with van der Waals surface area (Å²) in [6.45, 7) is 0. The molecule has 0 spiro atoms. The zero-order valence-electron chi connectivity index (χ0n) is 13.5. The average molecular weight is 398 g/mol. The van der Waals surface area contributed by atoms with Crippen molar-refractivity contribution >= 4 is 28.1 Å². The lowest BCUT2D eigenvalue weighted by molar-refractivity contribution is 0.0952. The van der Waals surface area contributed by atoms with E-state index in [2.05, 4.69) is 26.5 Å². The van der Waals surface area contributed by atoms with E-state index in [9.17, 15) is 4.79 Å². The van der Waals surface area contributed by atoms with E-state index >= 15 is 0 Å². The Bertz CT molecular complexity index is 901. The molecule has 2 aromatic carbocycles. The number of benzene rings is 2. The summed E-state index contributed by atoms with van der Waals surface area (Å²) in [4.78, 5) is 12.2. The van der Waals surface area contributed by atoms with E-state index in [1.54, 1.807) is 24.4 Å². The van der Waals surface area contributed by atoms with Crippen LogP contribution in [-0.2, 0) is 0 Å². The molecule has 126 valence electrons. The van der Waals surface area contributed by atoms with Crippen LogP contribution in [-0.4, -0.2) is 23.8 Å². The standard InChI is InChI=1S/C19H16BrN3O2/c1-25-18-7-3-2-6-17(18)19(24)22-21-13-16-5-4-12-23(16)15-10-8-14(20)9-11-15/h2-13H,1H3,(H,22,24)/b21-13-. The molecular weight excluding hydrogens is 382 g/mol. The van der Waals surface area contributed by atoms with Crippen molar-refractivity contribution in [2.75, 3.05) is 7.11 Å². The molecule has 0 bridgehead atoms. The van der Waals surface area contributed by atoms with E-state index in [1.807, 2.05) is 53.2 Å². The first-order chi connectivity index (χ1) is 12.2. The Hall–Kier alpha value is -2.86. The Morgan fingerprint density at radius 3 is 2.64 bits per heavy atom. The summed E-state index contributed by atoms with van der Waals surface area (Å²) in [5, 5.41) is 4.06. The van der Waals surface area contributed by atoms with Crippen molar-refractivity contribution < 1.29 is 9.53 Å². The SMILES string of the molecule is COc1ccccc1C(=O)N/N=C\c1cccn1-c1ccc(Br)cc1. The number of halogens is 1. The van der Waals surface area contributed by atoms with E-state index < -0.39 is 0 Å². The Kier molecular flexibility index (Phi) is 5.30. The first kappa shape index (κ1) is 17.0. The zero-order chi connectivity index (χ0) is 17.6. The Balaban J connectivity index is 1.74. The van der Waals surface area contributed by atoms with Gasteiger partial charge in [0.1, 0.15) is 5.75 Å². The van der Waals surface area contributed by atoms with Crippen LogP contribution in [0.25, 0.3) is 5.69 Å². The highest BCUT2D eigenvalue weighted by atomic mass is 79.9. The molecule has 5 nitrogen and oxygen atoms in total. The summed E-state index contributed by atoms with van der Waals surface area (Å²) in [6, 6.07) is 18.8. The van der Waals surface area contributed by atoms with Crippen LogP contribution in [0.3, 0.4) is 0 Å². The molecule has 0 aliphatic carbocycles. The summed E-state index contributed by atoms with van der Waals surface area (Å²) in [6.07, 6.45) is 3.54. The third-order valence-corrected chi connectivity index (χ3v) is 4.13. The van der Waals surface area contributed by atoms with E-state index in [0.717, 1.165) is 15.9 Å². The molecule has 0 aliphatic heterocycles. The summed E-state index contributed by atoms with van der Waals surface area (Å²) in [5.41, 5.74) is 4.82. The van der Waals surface area contributed by atoms with Crippen LogP contribution >= 0.6 is 15.9 Å². The number of para-hydroxylation sites is 1. The van der Waals surface area contributed by atoms with Gasteiger partial charge in [-0.3, -0.25) is 4.79 Å². The largest absolute Gasteiger partial charge is 0.496 e. The third-order valence-electron chi connectivity index (χ3n) is 3.60. The second-order valence-corrected chi connectivity index (χ2v) is 6.09. The van der Waals surface area contributed by atoms with E-state index in [-0.39, 0.29) is 5.91 Å². The average Bonchev–Trinajstić information content (AvgIpc) is 3.10. The molecule has 1 amide bonds. The number of nitrogens with one attached hydrogen (secondary N) is 1. The topological polar surface area (TPSA) is 55.6 Å². The molecule has 0 saturated heterocycles. The molecule has 0 radical (unpaired) electrons. The monoisotopic (exact) mass is 397 g/mol. The van der Waals surface area contributed by atoms with Crippen molar-refractivity contribution in [2.24, 2.45) is 5.10 Å². The molecule has 0 fully saturated rings. The molecule has 6 heteroatoms. The minimum atomic E-state index is -0.324. The number of carbonyl (C=O) groups excluding carboxylic acids is 1. The third kappa shape index (κ3) is 3.97. The van der Waals surface area contributed by atoms with E-state index in [4.69, 9.17) is 4.74 Å². The Labute approximate surface area is 154 Å². The highest BCUT2D eigenvalue weighted by molar-refractivity contribution is 9.10. The number of rotatable bonds is 5. The number of carbonyl (C=O) groups is 1. The molecule has 1 aromatic heterocycles. The van der Waals surface area contributed by atoms with Gasteiger partial charge in [0.25, 0.3) is 5.91 Å². The fourth-order valence-corrected chi connectivity index (χ4v) is 2.65. The van der Waals surface area contributed by atoms with Crippen LogP contribution in [0.4, 0.5) is 0 Å². The minimum Gasteiger partial charge on any atom is -0.496 e. The summed E-state index contributed by atoms with van der Waals surface area (Å²) < 4.78 is 8.18. The number of nitrogens with zero attached hydrogens (tertiary/aromatic N) is 2. The smallest absolute Gasteiger partial charge is 0.275 e. The van der Waals surface area contributed by atoms with Crippen LogP contribution in [0.2, 0.25) is 0 Å². The fourth-order valence-electron chi connectivity index (χ4n) is 2.39. The van der Waals surface area contributed by atoms with Gasteiger partial charge in [-0.2, -0.15) is 5.10 Å². The second-order valence-electron chi connectivity index (χ2n) is 5.18. The van der Waals surface area contributed by atoms with Gasteiger partial charge < -0.3 is 9.30 Å². The fraction of sp³-hybridized carbons (Fsp3) is 0.0526. The molecule has 0 aliphatic rings. The first-order valence-corrected chi connectivity index (χ1v) is 8.38. The number of methoxy groups -OCH3 is 1. The van der Waals surface area contributed by atoms with Gasteiger partial charge in [0, 0.05) is 16.4 Å². The predicted octanol–water partition coefficient (Wildman–Crippen LogP) is 4.01. The molecule has 1 heterocycles. The van der Waals surface area contributed by atoms with Crippen LogP contribution < -0.4 is 10.2 Å². The van der Waals surface area contributed by atoms with Gasteiger partial charge in [0.15, 0.2) is 0 Å². The molecule has 3 aromatic rings. The number of hydrogen-bond donors (Lipinski definition) is 1. The number of ether oxygens (including phenoxy) is 1. The first-order valence-electron chi connectivity index (χ1n) is 7.59. The molecule has 0 unspecified atom stereocenters. The van der Waals surface area contributed by atoms with Gasteiger partial charge in [-0.1, -0.05) is 28.1 Å². The maximum Gasteiger partial charge on any atom is 0.275 e. The lowest BCUT2D eigenvalue weighted by atomic mass is 10.2. The van der Waals surface area contributed by atoms with Gasteiger partial charge in [-0.15, -0.1) is 0 Å². The van der Waals surface area contributed by atoms with Crippen molar-refractivity contribution in [1.29, 1.82) is 0 Å². The maximum atomic E-state index is 12.2. The summed E-state index contributed by atoms with van der Waals surface area (Å²) in [5.74, 6) is 0.184. The van der Waals surface area contributed by atoms with Gasteiger partial charge in [-0.25, -0.2) is 5.43 Å². The molecule has 25 heavy (non-hydrogen) atoms. The van der Waals surface area contributed by atoms with Crippen molar-refractivity contribution in [3.8, 4) is 11.4 Å². The maximum absolute atomic E-state index is 12.2. The quantitative estimate of drug-likeness (QED) is 0.522. The zero-order valence-corrected chi connectivity index (χ0v) is 15.1. The van der Waals surface area contributed by atoms with Crippen molar-refractivity contribution in [1.82, 2.24) is 9.99 Å². The lowest BCUT2D eigenvalue weighted by Gasteiger charge is -2.07. The molecule has 0 saturated carbocycles. The van der Waals surface area contributed by atoms with Gasteiger partial charge in [0.2, 0.25) is 0 Å². The molecule has 1 N–H and O–H groups in total. The minimum absolute atomic E-state index is 0.324. The second kappa shape index (κ2) is 7.81. The van der Waals surface area contributed by atoms with E-state index in [1.165, 1.54) is 7.11 Å². The van der Waals surface area contributed by atoms with Crippen LogP contribution in [0, 0.1) is 0 Å². The van der Waals surface area contributed by atoms with Gasteiger partial charge in [-0.05, 0) is 48.5 Å². The van der Waals surface area contributed by atoms with Crippen LogP contribution in [0.15, 0.2) is 76.4 Å². The number of aromatic nitrogens is 1. The molecule has 0 atom stereocenters. The number of hydrazone groups is 1. The molecular formula is C19H16BrN3O2. The summed E-state index contributed by atoms with van der Waals surface area (Å²) >= 11 is 3.43. The lowest BCUT2D eigenvalue weighted by Crippen LogP contribution is -2.18. The number of amides is 1. The van der Waals surface area contributed by atoms with Crippen molar-refractivity contribution in [3.63, 3.8) is 0 Å². The van der Waals surface area contributed by atoms with E-state index in [0.29, 0.717) is 11.3 Å². The van der Waals surface area contributed by atoms with Crippen molar-refractivity contribution in [3.05, 3.63) is 82.6 Å². The van der Waals surface area contributed by atoms with Crippen LogP contribution in [0.1, 0.15) is 16.1 Å². The number of hydrogen-bond acceptors (Lipinski definition) is 3. The highest BCUT2D eigenvalue weighted by Gasteiger charge is 2.10. The Morgan fingerprint density at radius 1 is 1.12 bits per heavy atom. The highest BCUT2D eigenvalue weighted by Crippen LogP contribution is 2.17. The summed E-state index contributed by atoms with van der Waals surface area (Å²) in [7, 11) is 1.53. The van der Waals surface area contributed by atoms with Gasteiger partial charge in [0.05, 0.1) is 24.6 Å². The normalized spacial score (nSPS) is 10.8. The predicted molar refractivity (Wildman–Crippen MR) is 102 cm³/mol. The molecule has 3 rings (SSSR count). The van der Waals surface area contributed by atoms with Gasteiger partial charge >= 0.3 is 0 Å². The Morgan fingerprint density at radius 2 is 1.88 bits per heavy atom.